The van der Waals surface area contributed by atoms with Gasteiger partial charge in [0.2, 0.25) is 5.41 Å². The number of anilines is 1. The molecule has 2 N–H and O–H groups in total. The quantitative estimate of drug-likeness (QED) is 0.727. The average molecular weight is 310 g/mol. The minimum absolute atomic E-state index is 0.00720. The predicted molar refractivity (Wildman–Crippen MR) is 82.0 cm³/mol. The Morgan fingerprint density at radius 1 is 1.19 bits per heavy atom. The normalized spacial score (nSPS) is 22.2. The Morgan fingerprint density at radius 2 is 1.81 bits per heavy atom. The largest absolute Gasteiger partial charge is 0.575 e. The highest BCUT2D eigenvalue weighted by Gasteiger charge is 2.53. The van der Waals surface area contributed by atoms with Crippen molar-refractivity contribution in [2.45, 2.75) is 18.5 Å². The van der Waals surface area contributed by atoms with Crippen LogP contribution in [0.5, 0.6) is 0 Å². The molecule has 1 aliphatic heterocycles. The van der Waals surface area contributed by atoms with Gasteiger partial charge in [-0.2, -0.15) is 0 Å². The topological polar surface area (TPSA) is 68.8 Å². The van der Waals surface area contributed by atoms with Crippen LogP contribution >= 0.6 is 0 Å². The van der Waals surface area contributed by atoms with Gasteiger partial charge in [0.1, 0.15) is 0 Å². The molecule has 0 spiro atoms. The lowest BCUT2D eigenvalue weighted by atomic mass is 10.1. The van der Waals surface area contributed by atoms with Crippen LogP contribution < -0.4 is 10.6 Å². The second-order valence-electron chi connectivity index (χ2n) is 4.87. The third-order valence-corrected chi connectivity index (χ3v) is 6.27. The number of nitrogens with one attached hydrogen (secondary N) is 2. The number of carbonyl (C=O) groups is 1. The fourth-order valence-electron chi connectivity index (χ4n) is 2.62. The summed E-state index contributed by atoms with van der Waals surface area (Å²) >= 11 is 0. The van der Waals surface area contributed by atoms with Crippen molar-refractivity contribution in [3.8, 4) is 0 Å². The summed E-state index contributed by atoms with van der Waals surface area (Å²) in [6.07, 6.45) is 0.854. The van der Waals surface area contributed by atoms with E-state index in [0.29, 0.717) is 0 Å². The molecule has 1 aromatic carbocycles. The summed E-state index contributed by atoms with van der Waals surface area (Å²) in [6, 6.07) is 9.45. The monoisotopic (exact) mass is 310 g/mol. The van der Waals surface area contributed by atoms with E-state index in [1.807, 2.05) is 30.3 Å². The molecule has 1 saturated heterocycles. The zero-order valence-electron chi connectivity index (χ0n) is 12.6. The van der Waals surface area contributed by atoms with E-state index in [-0.39, 0.29) is 17.5 Å². The molecule has 2 atom stereocenters. The summed E-state index contributed by atoms with van der Waals surface area (Å²) in [4.78, 5) is 12.7. The van der Waals surface area contributed by atoms with Gasteiger partial charge in [0.15, 0.2) is 0 Å². The Balaban J connectivity index is 2.12. The highest BCUT2D eigenvalue weighted by atomic mass is 28.4. The molecule has 0 bridgehead atoms. The van der Waals surface area contributed by atoms with Crippen molar-refractivity contribution in [3.63, 3.8) is 0 Å². The minimum Gasteiger partial charge on any atom is -0.380 e. The standard InChI is InChI=1S/C14H22N2O4Si/c1-18-21(19-2,20-3)14(17)13-12(9-10-15-13)16-11-7-5-4-6-8-11/h4-8,12-13,15-16H,9-10H2,1-3H3/t12?,13-/m0/s1. The molecule has 0 aromatic heterocycles. The summed E-state index contributed by atoms with van der Waals surface area (Å²) in [5, 5.41) is 6.47. The molecule has 7 heteroatoms. The molecule has 1 fully saturated rings. The number of hydrogen-bond donors (Lipinski definition) is 2. The van der Waals surface area contributed by atoms with Crippen molar-refractivity contribution in [2.24, 2.45) is 0 Å². The van der Waals surface area contributed by atoms with Crippen molar-refractivity contribution < 1.29 is 18.1 Å². The number of para-hydroxylation sites is 1. The molecule has 6 nitrogen and oxygen atoms in total. The number of rotatable bonds is 7. The van der Waals surface area contributed by atoms with Crippen LogP contribution in [0.3, 0.4) is 0 Å². The van der Waals surface area contributed by atoms with Crippen LogP contribution in [0.2, 0.25) is 0 Å². The number of benzene rings is 1. The molecule has 116 valence electrons. The van der Waals surface area contributed by atoms with Crippen LogP contribution in [0, 0.1) is 0 Å². The van der Waals surface area contributed by atoms with Gasteiger partial charge in [0.05, 0.1) is 6.04 Å². The van der Waals surface area contributed by atoms with E-state index in [1.165, 1.54) is 21.3 Å². The molecule has 0 amide bonds. The number of hydrogen-bond acceptors (Lipinski definition) is 6. The Bertz CT molecular complexity index is 459. The molecule has 1 heterocycles. The first-order chi connectivity index (χ1) is 10.2. The van der Waals surface area contributed by atoms with Crippen LogP contribution in [0.25, 0.3) is 0 Å². The molecule has 0 aliphatic carbocycles. The van der Waals surface area contributed by atoms with Gasteiger partial charge >= 0.3 is 8.80 Å². The molecular formula is C14H22N2O4Si. The third kappa shape index (κ3) is 3.33. The summed E-state index contributed by atoms with van der Waals surface area (Å²) in [5.74, 6) is 0. The van der Waals surface area contributed by atoms with E-state index in [1.54, 1.807) is 0 Å². The molecule has 2 rings (SSSR count). The summed E-state index contributed by atoms with van der Waals surface area (Å²) in [7, 11) is 1.06. The zero-order valence-corrected chi connectivity index (χ0v) is 13.6. The van der Waals surface area contributed by atoms with E-state index in [0.717, 1.165) is 18.7 Å². The SMILES string of the molecule is CO[Si](OC)(OC)C(=O)[C@H]1NCCC1Nc1ccccc1. The van der Waals surface area contributed by atoms with Gasteiger partial charge in [-0.15, -0.1) is 0 Å². The van der Waals surface area contributed by atoms with Crippen molar-refractivity contribution in [2.75, 3.05) is 33.2 Å². The van der Waals surface area contributed by atoms with E-state index in [2.05, 4.69) is 10.6 Å². The van der Waals surface area contributed by atoms with Crippen molar-refractivity contribution in [1.82, 2.24) is 5.32 Å². The lowest BCUT2D eigenvalue weighted by Crippen LogP contribution is -2.60. The van der Waals surface area contributed by atoms with Crippen LogP contribution in [-0.4, -0.2) is 54.2 Å². The van der Waals surface area contributed by atoms with Gasteiger partial charge in [-0.3, -0.25) is 4.79 Å². The average Bonchev–Trinajstić information content (AvgIpc) is 2.98. The van der Waals surface area contributed by atoms with Gasteiger partial charge in [-0.1, -0.05) is 18.2 Å². The second-order valence-corrected chi connectivity index (χ2v) is 7.70. The highest BCUT2D eigenvalue weighted by Crippen LogP contribution is 2.20. The van der Waals surface area contributed by atoms with Gasteiger partial charge in [0.25, 0.3) is 0 Å². The fourth-order valence-corrected chi connectivity index (χ4v) is 4.41. The maximum absolute atomic E-state index is 12.7. The Labute approximate surface area is 126 Å². The van der Waals surface area contributed by atoms with Crippen LogP contribution in [0.1, 0.15) is 6.42 Å². The van der Waals surface area contributed by atoms with E-state index in [4.69, 9.17) is 13.3 Å². The lowest BCUT2D eigenvalue weighted by molar-refractivity contribution is -0.120. The second kappa shape index (κ2) is 7.14. The molecule has 1 unspecified atom stereocenters. The molecular weight excluding hydrogens is 288 g/mol. The van der Waals surface area contributed by atoms with Gasteiger partial charge in [0, 0.05) is 33.1 Å². The first-order valence-corrected chi connectivity index (χ1v) is 8.64. The van der Waals surface area contributed by atoms with Gasteiger partial charge in [-0.05, 0) is 25.1 Å². The minimum atomic E-state index is -3.29. The molecule has 0 saturated carbocycles. The zero-order chi connectivity index (χ0) is 15.3. The molecule has 21 heavy (non-hydrogen) atoms. The Hall–Kier alpha value is -1.25. The first kappa shape index (κ1) is 16.1. The molecule has 1 aliphatic rings. The maximum Gasteiger partial charge on any atom is 0.575 e. The van der Waals surface area contributed by atoms with Crippen LogP contribution in [0.15, 0.2) is 30.3 Å². The third-order valence-electron chi connectivity index (χ3n) is 3.74. The molecule has 0 radical (unpaired) electrons. The Kier molecular flexibility index (Phi) is 5.49. The van der Waals surface area contributed by atoms with E-state index in [9.17, 15) is 4.79 Å². The van der Waals surface area contributed by atoms with E-state index >= 15 is 0 Å². The fraction of sp³-hybridized carbons (Fsp3) is 0.500. The highest BCUT2D eigenvalue weighted by molar-refractivity contribution is 6.93. The van der Waals surface area contributed by atoms with Gasteiger partial charge < -0.3 is 23.9 Å². The van der Waals surface area contributed by atoms with Crippen LogP contribution in [0.4, 0.5) is 5.69 Å². The maximum atomic E-state index is 12.7. The smallest absolute Gasteiger partial charge is 0.380 e. The van der Waals surface area contributed by atoms with Crippen LogP contribution in [-0.2, 0) is 18.1 Å². The summed E-state index contributed by atoms with van der Waals surface area (Å²) in [6.45, 7) is 0.766. The van der Waals surface area contributed by atoms with E-state index < -0.39 is 8.80 Å². The Morgan fingerprint density at radius 3 is 2.38 bits per heavy atom. The number of carbonyl (C=O) groups excluding carboxylic acids is 1. The predicted octanol–water partition coefficient (Wildman–Crippen LogP) is 0.815. The van der Waals surface area contributed by atoms with Gasteiger partial charge in [-0.25, -0.2) is 0 Å². The summed E-state index contributed by atoms with van der Waals surface area (Å²) < 4.78 is 15.9. The van der Waals surface area contributed by atoms with Crippen molar-refractivity contribution in [1.29, 1.82) is 0 Å². The van der Waals surface area contributed by atoms with Crippen molar-refractivity contribution >= 4 is 19.9 Å². The summed E-state index contributed by atoms with van der Waals surface area (Å²) in [5.41, 5.74) is 0.989. The molecule has 1 aromatic rings. The lowest BCUT2D eigenvalue weighted by Gasteiger charge is -2.28. The first-order valence-electron chi connectivity index (χ1n) is 6.91. The van der Waals surface area contributed by atoms with Crippen molar-refractivity contribution in [3.05, 3.63) is 30.3 Å².